The topological polar surface area (TPSA) is 73.4 Å². The second-order valence-corrected chi connectivity index (χ2v) is 5.08. The summed E-state index contributed by atoms with van der Waals surface area (Å²) in [5.41, 5.74) is 5.96. The number of imidazole rings is 1. The molecular weight excluding hydrogens is 244 g/mol. The van der Waals surface area contributed by atoms with Crippen LogP contribution in [0.1, 0.15) is 23.8 Å². The van der Waals surface area contributed by atoms with Gasteiger partial charge in [0.2, 0.25) is 0 Å². The first-order chi connectivity index (χ1) is 9.15. The number of rotatable bonds is 4. The van der Waals surface area contributed by atoms with Crippen LogP contribution in [0.2, 0.25) is 0 Å². The maximum Gasteiger partial charge on any atom is 0.274 e. The molecule has 0 saturated carbocycles. The van der Waals surface area contributed by atoms with Gasteiger partial charge in [0.1, 0.15) is 5.69 Å². The Labute approximate surface area is 113 Å². The Bertz CT molecular complexity index is 432. The van der Waals surface area contributed by atoms with Crippen molar-refractivity contribution in [1.29, 1.82) is 0 Å². The first kappa shape index (κ1) is 14.0. The molecule has 6 nitrogen and oxygen atoms in total. The van der Waals surface area contributed by atoms with Gasteiger partial charge in [-0.3, -0.25) is 4.79 Å². The number of carbonyl (C=O) groups is 1. The van der Waals surface area contributed by atoms with E-state index in [1.165, 1.54) is 0 Å². The predicted octanol–water partition coefficient (Wildman–Crippen LogP) is 0.339. The fraction of sp³-hybridized carbons (Fsp3) is 0.692. The van der Waals surface area contributed by atoms with Gasteiger partial charge in [-0.15, -0.1) is 0 Å². The van der Waals surface area contributed by atoms with E-state index in [0.29, 0.717) is 31.2 Å². The van der Waals surface area contributed by atoms with E-state index in [9.17, 15) is 4.79 Å². The van der Waals surface area contributed by atoms with E-state index in [2.05, 4.69) is 11.9 Å². The smallest absolute Gasteiger partial charge is 0.274 e. The number of aromatic nitrogens is 2. The summed E-state index contributed by atoms with van der Waals surface area (Å²) in [5, 5.41) is 0. The lowest BCUT2D eigenvalue weighted by Crippen LogP contribution is -2.46. The van der Waals surface area contributed by atoms with E-state index in [1.807, 2.05) is 9.47 Å². The number of ether oxygens (including phenoxy) is 1. The number of nitrogens with zero attached hydrogens (tertiary/aromatic N) is 3. The van der Waals surface area contributed by atoms with Crippen LogP contribution in [-0.4, -0.2) is 53.2 Å². The Morgan fingerprint density at radius 2 is 2.42 bits per heavy atom. The van der Waals surface area contributed by atoms with Crippen LogP contribution in [0.5, 0.6) is 0 Å². The van der Waals surface area contributed by atoms with Crippen molar-refractivity contribution >= 4 is 5.91 Å². The maximum atomic E-state index is 12.3. The summed E-state index contributed by atoms with van der Waals surface area (Å²) in [4.78, 5) is 18.3. The van der Waals surface area contributed by atoms with Gasteiger partial charge < -0.3 is 19.9 Å². The lowest BCUT2D eigenvalue weighted by atomic mass is 9.95. The zero-order valence-corrected chi connectivity index (χ0v) is 11.6. The van der Waals surface area contributed by atoms with Crippen molar-refractivity contribution in [3.05, 3.63) is 18.2 Å². The van der Waals surface area contributed by atoms with E-state index in [4.69, 9.17) is 10.5 Å². The number of methoxy groups -OCH3 is 1. The monoisotopic (exact) mass is 266 g/mol. The average molecular weight is 266 g/mol. The van der Waals surface area contributed by atoms with Crippen LogP contribution in [0.15, 0.2) is 12.5 Å². The van der Waals surface area contributed by atoms with Crippen molar-refractivity contribution in [3.8, 4) is 0 Å². The predicted molar refractivity (Wildman–Crippen MR) is 71.8 cm³/mol. The summed E-state index contributed by atoms with van der Waals surface area (Å²) in [6.45, 7) is 4.78. The molecule has 1 aromatic rings. The number of nitrogens with two attached hydrogens (primary N) is 1. The molecule has 2 N–H and O–H groups in total. The van der Waals surface area contributed by atoms with Gasteiger partial charge in [0.05, 0.1) is 12.4 Å². The zero-order chi connectivity index (χ0) is 13.8. The number of piperidine rings is 1. The Balaban J connectivity index is 2.02. The molecule has 2 heterocycles. The molecular formula is C13H22N4O2. The van der Waals surface area contributed by atoms with Crippen molar-refractivity contribution in [1.82, 2.24) is 14.5 Å². The van der Waals surface area contributed by atoms with Crippen LogP contribution < -0.4 is 5.73 Å². The molecule has 2 rings (SSSR count). The van der Waals surface area contributed by atoms with Crippen molar-refractivity contribution in [2.24, 2.45) is 11.7 Å². The van der Waals surface area contributed by atoms with Gasteiger partial charge in [0, 0.05) is 39.5 Å². The molecule has 1 aromatic heterocycles. The first-order valence-electron chi connectivity index (χ1n) is 6.69. The minimum Gasteiger partial charge on any atom is -0.379 e. The largest absolute Gasteiger partial charge is 0.379 e. The number of hydrogen-bond donors (Lipinski definition) is 1. The Morgan fingerprint density at radius 1 is 1.63 bits per heavy atom. The van der Waals surface area contributed by atoms with Gasteiger partial charge in [-0.25, -0.2) is 4.98 Å². The highest BCUT2D eigenvalue weighted by Crippen LogP contribution is 2.20. The number of hydrogen-bond acceptors (Lipinski definition) is 4. The van der Waals surface area contributed by atoms with Gasteiger partial charge in [-0.2, -0.15) is 0 Å². The van der Waals surface area contributed by atoms with E-state index in [-0.39, 0.29) is 12.0 Å². The van der Waals surface area contributed by atoms with Gasteiger partial charge >= 0.3 is 0 Å². The van der Waals surface area contributed by atoms with Crippen LogP contribution in [0.25, 0.3) is 0 Å². The highest BCUT2D eigenvalue weighted by Gasteiger charge is 2.29. The Kier molecular flexibility index (Phi) is 4.55. The van der Waals surface area contributed by atoms with E-state index in [0.717, 1.165) is 13.0 Å². The molecule has 1 aliphatic heterocycles. The van der Waals surface area contributed by atoms with Crippen LogP contribution in [0.3, 0.4) is 0 Å². The van der Waals surface area contributed by atoms with Crippen LogP contribution in [0.4, 0.5) is 0 Å². The third-order valence-electron chi connectivity index (χ3n) is 3.72. The fourth-order valence-electron chi connectivity index (χ4n) is 2.43. The fourth-order valence-corrected chi connectivity index (χ4v) is 2.43. The van der Waals surface area contributed by atoms with Gasteiger partial charge in [0.25, 0.3) is 5.91 Å². The summed E-state index contributed by atoms with van der Waals surface area (Å²) < 4.78 is 7.27. The van der Waals surface area contributed by atoms with Crippen molar-refractivity contribution < 1.29 is 9.53 Å². The van der Waals surface area contributed by atoms with E-state index < -0.39 is 0 Å². The quantitative estimate of drug-likeness (QED) is 0.853. The van der Waals surface area contributed by atoms with Crippen LogP contribution in [-0.2, 0) is 11.3 Å². The minimum atomic E-state index is -0.0234. The van der Waals surface area contributed by atoms with Gasteiger partial charge in [-0.1, -0.05) is 6.92 Å². The molecule has 0 radical (unpaired) electrons. The Morgan fingerprint density at radius 3 is 3.11 bits per heavy atom. The minimum absolute atomic E-state index is 0.0234. The highest BCUT2D eigenvalue weighted by molar-refractivity contribution is 5.92. The number of likely N-dealkylation sites (tertiary alicyclic amines) is 1. The molecule has 2 unspecified atom stereocenters. The zero-order valence-electron chi connectivity index (χ0n) is 11.6. The van der Waals surface area contributed by atoms with E-state index >= 15 is 0 Å². The van der Waals surface area contributed by atoms with Crippen LogP contribution >= 0.6 is 0 Å². The molecule has 0 aromatic carbocycles. The molecule has 1 saturated heterocycles. The molecule has 2 atom stereocenters. The van der Waals surface area contributed by atoms with Gasteiger partial charge in [-0.05, 0) is 12.3 Å². The third-order valence-corrected chi connectivity index (χ3v) is 3.72. The van der Waals surface area contributed by atoms with Crippen molar-refractivity contribution in [2.45, 2.75) is 26.0 Å². The second-order valence-electron chi connectivity index (χ2n) is 5.08. The molecule has 0 bridgehead atoms. The lowest BCUT2D eigenvalue weighted by molar-refractivity contribution is -0.00175. The molecule has 106 valence electrons. The SMILES string of the molecule is COC1CN(C(=O)c2cn(CCN)cn2)CCC1C. The highest BCUT2D eigenvalue weighted by atomic mass is 16.5. The molecule has 0 spiro atoms. The molecule has 19 heavy (non-hydrogen) atoms. The van der Waals surface area contributed by atoms with Crippen molar-refractivity contribution in [3.63, 3.8) is 0 Å². The summed E-state index contributed by atoms with van der Waals surface area (Å²) in [6.07, 6.45) is 4.49. The molecule has 1 fully saturated rings. The maximum absolute atomic E-state index is 12.3. The molecule has 1 amide bonds. The second kappa shape index (κ2) is 6.16. The van der Waals surface area contributed by atoms with E-state index in [1.54, 1.807) is 19.6 Å². The normalized spacial score (nSPS) is 23.6. The summed E-state index contributed by atoms with van der Waals surface area (Å²) in [5.74, 6) is 0.466. The summed E-state index contributed by atoms with van der Waals surface area (Å²) in [7, 11) is 1.70. The third kappa shape index (κ3) is 3.13. The molecule has 1 aliphatic rings. The number of carbonyl (C=O) groups excluding carboxylic acids is 1. The summed E-state index contributed by atoms with van der Waals surface area (Å²) >= 11 is 0. The van der Waals surface area contributed by atoms with Crippen molar-refractivity contribution in [2.75, 3.05) is 26.7 Å². The van der Waals surface area contributed by atoms with Gasteiger partial charge in [0.15, 0.2) is 0 Å². The first-order valence-corrected chi connectivity index (χ1v) is 6.69. The average Bonchev–Trinajstić information content (AvgIpc) is 2.87. The lowest BCUT2D eigenvalue weighted by Gasteiger charge is -2.35. The molecule has 0 aliphatic carbocycles. The number of amides is 1. The molecule has 6 heteroatoms. The Hall–Kier alpha value is -1.40. The standard InChI is InChI=1S/C13H22N4O2/c1-10-3-5-17(8-12(10)19-2)13(18)11-7-16(6-4-14)9-15-11/h7,9-10,12H,3-6,8,14H2,1-2H3. The van der Waals surface area contributed by atoms with Crippen LogP contribution in [0, 0.1) is 5.92 Å². The summed E-state index contributed by atoms with van der Waals surface area (Å²) in [6, 6.07) is 0.